The topological polar surface area (TPSA) is 85.5 Å². The summed E-state index contributed by atoms with van der Waals surface area (Å²) < 4.78 is 31.3. The summed E-state index contributed by atoms with van der Waals surface area (Å²) in [4.78, 5) is 4.31. The second kappa shape index (κ2) is 6.57. The minimum absolute atomic E-state index is 0.0219. The van der Waals surface area contributed by atoms with Crippen LogP contribution < -0.4 is 5.73 Å². The Morgan fingerprint density at radius 3 is 3.00 bits per heavy atom. The van der Waals surface area contributed by atoms with Crippen molar-refractivity contribution in [1.29, 1.82) is 0 Å². The largest absolute Gasteiger partial charge is 0.391 e. The number of hydrogen-bond acceptors (Lipinski definition) is 5. The summed E-state index contributed by atoms with van der Waals surface area (Å²) in [6.07, 6.45) is 1.54. The first kappa shape index (κ1) is 15.3. The van der Waals surface area contributed by atoms with Crippen LogP contribution in [-0.4, -0.2) is 54.2 Å². The molecule has 1 unspecified atom stereocenters. The van der Waals surface area contributed by atoms with E-state index < -0.39 is 16.1 Å². The number of sulfonamides is 1. The third-order valence-corrected chi connectivity index (χ3v) is 5.18. The monoisotopic (exact) mass is 315 g/mol. The van der Waals surface area contributed by atoms with E-state index in [-0.39, 0.29) is 17.3 Å². The van der Waals surface area contributed by atoms with Gasteiger partial charge in [-0.05, 0) is 12.1 Å². The summed E-state index contributed by atoms with van der Waals surface area (Å²) in [6.45, 7) is 0.842. The van der Waals surface area contributed by atoms with Gasteiger partial charge in [0.2, 0.25) is 10.0 Å². The highest BCUT2D eigenvalue weighted by Crippen LogP contribution is 2.12. The summed E-state index contributed by atoms with van der Waals surface area (Å²) in [5, 5.41) is 0. The molecule has 0 amide bonds. The molecular formula is C12H17N3O3S2. The standard InChI is InChI=1S/C12H17N3O3S2/c13-12(19)11-9-15(6-7-18-11)20(16,17)8-4-10-3-1-2-5-14-10/h1-3,5,11H,4,6-9H2,(H2,13,19). The fraction of sp³-hybridized carbons (Fsp3) is 0.500. The summed E-state index contributed by atoms with van der Waals surface area (Å²) in [6, 6.07) is 5.45. The van der Waals surface area contributed by atoms with E-state index in [0.717, 1.165) is 5.69 Å². The molecule has 2 rings (SSSR count). The average molecular weight is 315 g/mol. The molecule has 0 bridgehead atoms. The van der Waals surface area contributed by atoms with Gasteiger partial charge in [0, 0.05) is 31.4 Å². The van der Waals surface area contributed by atoms with Crippen LogP contribution in [0.15, 0.2) is 24.4 Å². The first-order valence-corrected chi connectivity index (χ1v) is 8.29. The lowest BCUT2D eigenvalue weighted by molar-refractivity contribution is 0.0386. The Kier molecular flexibility index (Phi) is 5.03. The van der Waals surface area contributed by atoms with Crippen molar-refractivity contribution >= 4 is 27.2 Å². The Morgan fingerprint density at radius 1 is 1.55 bits per heavy atom. The van der Waals surface area contributed by atoms with E-state index in [1.807, 2.05) is 12.1 Å². The molecule has 2 heterocycles. The van der Waals surface area contributed by atoms with E-state index in [1.165, 1.54) is 4.31 Å². The SMILES string of the molecule is NC(=S)C1CN(S(=O)(=O)CCc2ccccn2)CCO1. The van der Waals surface area contributed by atoms with Crippen LogP contribution in [0.4, 0.5) is 0 Å². The molecule has 1 aromatic rings. The highest BCUT2D eigenvalue weighted by atomic mass is 32.2. The Balaban J connectivity index is 1.97. The van der Waals surface area contributed by atoms with Gasteiger partial charge in [0.25, 0.3) is 0 Å². The minimum atomic E-state index is -3.35. The number of nitrogens with zero attached hydrogens (tertiary/aromatic N) is 2. The maximum atomic E-state index is 12.3. The van der Waals surface area contributed by atoms with Crippen molar-refractivity contribution in [3.8, 4) is 0 Å². The molecule has 2 N–H and O–H groups in total. The molecule has 20 heavy (non-hydrogen) atoms. The van der Waals surface area contributed by atoms with E-state index in [4.69, 9.17) is 22.7 Å². The summed E-state index contributed by atoms with van der Waals surface area (Å²) >= 11 is 4.85. The first-order valence-electron chi connectivity index (χ1n) is 6.28. The van der Waals surface area contributed by atoms with Crippen molar-refractivity contribution < 1.29 is 13.2 Å². The molecule has 110 valence electrons. The fourth-order valence-corrected chi connectivity index (χ4v) is 3.54. The molecule has 1 aliphatic heterocycles. The quantitative estimate of drug-likeness (QED) is 0.766. The van der Waals surface area contributed by atoms with Gasteiger partial charge in [0.05, 0.1) is 12.4 Å². The van der Waals surface area contributed by atoms with Crippen LogP contribution in [0.3, 0.4) is 0 Å². The zero-order chi connectivity index (χ0) is 14.6. The third kappa shape index (κ3) is 3.95. The lowest BCUT2D eigenvalue weighted by Crippen LogP contribution is -2.50. The van der Waals surface area contributed by atoms with Crippen LogP contribution in [-0.2, 0) is 21.2 Å². The number of morpholine rings is 1. The normalized spacial score (nSPS) is 20.7. The second-order valence-electron chi connectivity index (χ2n) is 4.51. The van der Waals surface area contributed by atoms with E-state index >= 15 is 0 Å². The van der Waals surface area contributed by atoms with E-state index in [0.29, 0.717) is 19.6 Å². The van der Waals surface area contributed by atoms with Crippen LogP contribution >= 0.6 is 12.2 Å². The van der Waals surface area contributed by atoms with Gasteiger partial charge in [-0.2, -0.15) is 4.31 Å². The van der Waals surface area contributed by atoms with Gasteiger partial charge in [-0.25, -0.2) is 8.42 Å². The molecule has 0 saturated carbocycles. The number of aryl methyl sites for hydroxylation is 1. The van der Waals surface area contributed by atoms with Crippen molar-refractivity contribution in [3.63, 3.8) is 0 Å². The van der Waals surface area contributed by atoms with Gasteiger partial charge < -0.3 is 10.5 Å². The Labute approximate surface area is 124 Å². The van der Waals surface area contributed by atoms with Gasteiger partial charge in [-0.15, -0.1) is 0 Å². The first-order chi connectivity index (χ1) is 9.49. The predicted octanol–water partition coefficient (Wildman–Crippen LogP) is -0.0592. The zero-order valence-corrected chi connectivity index (χ0v) is 12.6. The molecule has 0 aromatic carbocycles. The zero-order valence-electron chi connectivity index (χ0n) is 10.9. The molecule has 0 spiro atoms. The molecular weight excluding hydrogens is 298 g/mol. The molecule has 0 radical (unpaired) electrons. The molecule has 1 fully saturated rings. The molecule has 8 heteroatoms. The van der Waals surface area contributed by atoms with Crippen LogP contribution in [0.2, 0.25) is 0 Å². The lowest BCUT2D eigenvalue weighted by Gasteiger charge is -2.31. The van der Waals surface area contributed by atoms with E-state index in [1.54, 1.807) is 12.3 Å². The van der Waals surface area contributed by atoms with Crippen LogP contribution in [0, 0.1) is 0 Å². The highest BCUT2D eigenvalue weighted by Gasteiger charge is 2.30. The number of ether oxygens (including phenoxy) is 1. The molecule has 1 aromatic heterocycles. The van der Waals surface area contributed by atoms with E-state index in [9.17, 15) is 8.42 Å². The molecule has 6 nitrogen and oxygen atoms in total. The molecule has 1 saturated heterocycles. The summed E-state index contributed by atoms with van der Waals surface area (Å²) in [7, 11) is -3.35. The van der Waals surface area contributed by atoms with Crippen molar-refractivity contribution in [2.75, 3.05) is 25.4 Å². The number of pyridine rings is 1. The predicted molar refractivity (Wildman–Crippen MR) is 79.8 cm³/mol. The lowest BCUT2D eigenvalue weighted by atomic mass is 10.3. The Morgan fingerprint density at radius 2 is 2.35 bits per heavy atom. The second-order valence-corrected chi connectivity index (χ2v) is 7.07. The Bertz CT molecular complexity index is 563. The summed E-state index contributed by atoms with van der Waals surface area (Å²) in [5.41, 5.74) is 6.27. The number of aromatic nitrogens is 1. The van der Waals surface area contributed by atoms with Crippen molar-refractivity contribution in [2.24, 2.45) is 5.73 Å². The van der Waals surface area contributed by atoms with Crippen molar-refractivity contribution in [1.82, 2.24) is 9.29 Å². The maximum absolute atomic E-state index is 12.3. The van der Waals surface area contributed by atoms with Crippen LogP contribution in [0.1, 0.15) is 5.69 Å². The number of hydrogen-bond donors (Lipinski definition) is 1. The fourth-order valence-electron chi connectivity index (χ4n) is 1.96. The van der Waals surface area contributed by atoms with Crippen LogP contribution in [0.25, 0.3) is 0 Å². The van der Waals surface area contributed by atoms with Gasteiger partial charge in [0.1, 0.15) is 11.1 Å². The molecule has 0 aliphatic carbocycles. The van der Waals surface area contributed by atoms with Gasteiger partial charge in [-0.1, -0.05) is 18.3 Å². The smallest absolute Gasteiger partial charge is 0.214 e. The van der Waals surface area contributed by atoms with Crippen molar-refractivity contribution in [2.45, 2.75) is 12.5 Å². The van der Waals surface area contributed by atoms with Crippen molar-refractivity contribution in [3.05, 3.63) is 30.1 Å². The van der Waals surface area contributed by atoms with Gasteiger partial charge in [0.15, 0.2) is 0 Å². The highest BCUT2D eigenvalue weighted by molar-refractivity contribution is 7.89. The molecule has 1 aliphatic rings. The number of thiocarbonyl (C=S) groups is 1. The third-order valence-electron chi connectivity index (χ3n) is 3.08. The summed E-state index contributed by atoms with van der Waals surface area (Å²) in [5.74, 6) is 0.0219. The van der Waals surface area contributed by atoms with Crippen LogP contribution in [0.5, 0.6) is 0 Å². The minimum Gasteiger partial charge on any atom is -0.391 e. The number of nitrogens with two attached hydrogens (primary N) is 1. The Hall–Kier alpha value is -1.09. The van der Waals surface area contributed by atoms with Gasteiger partial charge >= 0.3 is 0 Å². The molecule has 1 atom stereocenters. The average Bonchev–Trinajstić information content (AvgIpc) is 2.46. The maximum Gasteiger partial charge on any atom is 0.214 e. The van der Waals surface area contributed by atoms with E-state index in [2.05, 4.69) is 4.98 Å². The number of rotatable bonds is 5. The van der Waals surface area contributed by atoms with Gasteiger partial charge in [-0.3, -0.25) is 4.98 Å².